The maximum absolute atomic E-state index is 13.2. The molecular weight excluding hydrogens is 330 g/mol. The smallest absolute Gasteiger partial charge is 0.255 e. The summed E-state index contributed by atoms with van der Waals surface area (Å²) < 4.78 is 31.3. The number of carbonyl (C=O) groups excluding carboxylic acids is 1. The van der Waals surface area contributed by atoms with Crippen LogP contribution < -0.4 is 10.9 Å². The zero-order valence-electron chi connectivity index (χ0n) is 13.2. The van der Waals surface area contributed by atoms with Gasteiger partial charge in [-0.15, -0.1) is 0 Å². The number of aromatic amines is 1. The molecule has 25 heavy (non-hydrogen) atoms. The van der Waals surface area contributed by atoms with Gasteiger partial charge in [0.25, 0.3) is 5.91 Å². The lowest BCUT2D eigenvalue weighted by Gasteiger charge is -2.09. The first-order valence-electron chi connectivity index (χ1n) is 7.39. The van der Waals surface area contributed by atoms with E-state index in [4.69, 9.17) is 4.74 Å². The number of halogens is 2. The predicted octanol–water partition coefficient (Wildman–Crippen LogP) is 3.21. The van der Waals surface area contributed by atoms with Crippen LogP contribution in [0.2, 0.25) is 0 Å². The monoisotopic (exact) mass is 344 g/mol. The molecular formula is C18H14F2N2O3. The number of nitrogens with one attached hydrogen (secondary N) is 2. The van der Waals surface area contributed by atoms with Gasteiger partial charge in [-0.1, -0.05) is 6.07 Å². The molecule has 5 nitrogen and oxygen atoms in total. The van der Waals surface area contributed by atoms with E-state index in [1.807, 2.05) is 0 Å². The SMILES string of the molecule is COCc1cc(=O)[nH]c2cc(NC(=O)c3ccc(F)c(F)c3)ccc12. The number of anilines is 1. The minimum atomic E-state index is -1.10. The van der Waals surface area contributed by atoms with Crippen LogP contribution in [0.1, 0.15) is 15.9 Å². The molecule has 0 saturated carbocycles. The topological polar surface area (TPSA) is 71.2 Å². The third kappa shape index (κ3) is 3.56. The van der Waals surface area contributed by atoms with Crippen molar-refractivity contribution >= 4 is 22.5 Å². The van der Waals surface area contributed by atoms with E-state index in [0.717, 1.165) is 23.1 Å². The number of carbonyl (C=O) groups is 1. The highest BCUT2D eigenvalue weighted by atomic mass is 19.2. The summed E-state index contributed by atoms with van der Waals surface area (Å²) in [7, 11) is 1.53. The lowest BCUT2D eigenvalue weighted by atomic mass is 10.1. The third-order valence-corrected chi connectivity index (χ3v) is 3.67. The van der Waals surface area contributed by atoms with Crippen LogP contribution in [0.4, 0.5) is 14.5 Å². The van der Waals surface area contributed by atoms with Crippen molar-refractivity contribution in [3.05, 3.63) is 75.6 Å². The Hall–Kier alpha value is -3.06. The van der Waals surface area contributed by atoms with Crippen molar-refractivity contribution in [3.8, 4) is 0 Å². The maximum Gasteiger partial charge on any atom is 0.255 e. The largest absolute Gasteiger partial charge is 0.380 e. The standard InChI is InChI=1S/C18H14F2N2O3/c1-25-9-11-7-17(23)22-16-8-12(3-4-13(11)16)21-18(24)10-2-5-14(19)15(20)6-10/h2-8H,9H2,1H3,(H,21,24)(H,22,23). The van der Waals surface area contributed by atoms with Gasteiger partial charge < -0.3 is 15.0 Å². The van der Waals surface area contributed by atoms with Gasteiger partial charge in [-0.05, 0) is 35.9 Å². The fourth-order valence-electron chi connectivity index (χ4n) is 2.53. The van der Waals surface area contributed by atoms with Gasteiger partial charge in [-0.25, -0.2) is 8.78 Å². The van der Waals surface area contributed by atoms with Crippen molar-refractivity contribution in [1.29, 1.82) is 0 Å². The molecule has 1 amide bonds. The fraction of sp³-hybridized carbons (Fsp3) is 0.111. The molecule has 0 spiro atoms. The van der Waals surface area contributed by atoms with Crippen LogP contribution >= 0.6 is 0 Å². The Morgan fingerprint density at radius 2 is 1.92 bits per heavy atom. The Balaban J connectivity index is 1.92. The maximum atomic E-state index is 13.2. The Labute approximate surface area is 141 Å². The summed E-state index contributed by atoms with van der Waals surface area (Å²) in [4.78, 5) is 26.6. The summed E-state index contributed by atoms with van der Waals surface area (Å²) in [6, 6.07) is 9.33. The molecule has 3 rings (SSSR count). The van der Waals surface area contributed by atoms with Gasteiger partial charge in [0, 0.05) is 29.8 Å². The van der Waals surface area contributed by atoms with E-state index < -0.39 is 17.5 Å². The first-order chi connectivity index (χ1) is 12.0. The van der Waals surface area contributed by atoms with Crippen molar-refractivity contribution in [3.63, 3.8) is 0 Å². The Morgan fingerprint density at radius 3 is 2.64 bits per heavy atom. The van der Waals surface area contributed by atoms with E-state index in [-0.39, 0.29) is 17.7 Å². The minimum Gasteiger partial charge on any atom is -0.380 e. The molecule has 1 heterocycles. The second-order valence-electron chi connectivity index (χ2n) is 5.44. The number of fused-ring (bicyclic) bond motifs is 1. The number of H-pyrrole nitrogens is 1. The van der Waals surface area contributed by atoms with Gasteiger partial charge in [0.1, 0.15) is 0 Å². The average Bonchev–Trinajstić information content (AvgIpc) is 2.57. The molecule has 0 unspecified atom stereocenters. The van der Waals surface area contributed by atoms with E-state index in [0.29, 0.717) is 11.2 Å². The molecule has 0 atom stereocenters. The average molecular weight is 344 g/mol. The summed E-state index contributed by atoms with van der Waals surface area (Å²) in [5, 5.41) is 3.37. The number of methoxy groups -OCH3 is 1. The molecule has 0 aliphatic heterocycles. The minimum absolute atomic E-state index is 0.0133. The van der Waals surface area contributed by atoms with E-state index in [9.17, 15) is 18.4 Å². The van der Waals surface area contributed by atoms with Crippen LogP contribution in [0.3, 0.4) is 0 Å². The molecule has 1 aromatic heterocycles. The molecule has 7 heteroatoms. The number of pyridine rings is 1. The highest BCUT2D eigenvalue weighted by Crippen LogP contribution is 2.21. The summed E-state index contributed by atoms with van der Waals surface area (Å²) in [6.45, 7) is 0.279. The Kier molecular flexibility index (Phi) is 4.58. The van der Waals surface area contributed by atoms with Gasteiger partial charge in [0.05, 0.1) is 12.1 Å². The van der Waals surface area contributed by atoms with Crippen LogP contribution in [0.25, 0.3) is 10.9 Å². The van der Waals surface area contributed by atoms with Crippen molar-refractivity contribution in [1.82, 2.24) is 4.98 Å². The zero-order valence-corrected chi connectivity index (χ0v) is 13.2. The third-order valence-electron chi connectivity index (χ3n) is 3.67. The van der Waals surface area contributed by atoms with Gasteiger partial charge in [0.2, 0.25) is 5.56 Å². The number of amides is 1. The molecule has 3 aromatic rings. The lowest BCUT2D eigenvalue weighted by Crippen LogP contribution is -2.13. The van der Waals surface area contributed by atoms with Crippen LogP contribution in [0.15, 0.2) is 47.3 Å². The summed E-state index contributed by atoms with van der Waals surface area (Å²) in [6.07, 6.45) is 0. The van der Waals surface area contributed by atoms with Crippen molar-refractivity contribution in [2.75, 3.05) is 12.4 Å². The summed E-state index contributed by atoms with van der Waals surface area (Å²) >= 11 is 0. The summed E-state index contributed by atoms with van der Waals surface area (Å²) in [5.41, 5.74) is 1.36. The van der Waals surface area contributed by atoms with Gasteiger partial charge in [-0.2, -0.15) is 0 Å². The van der Waals surface area contributed by atoms with Crippen LogP contribution in [0.5, 0.6) is 0 Å². The molecule has 0 aliphatic rings. The molecule has 2 N–H and O–H groups in total. The van der Waals surface area contributed by atoms with E-state index in [1.54, 1.807) is 18.2 Å². The number of hydrogen-bond donors (Lipinski definition) is 2. The molecule has 0 aliphatic carbocycles. The quantitative estimate of drug-likeness (QED) is 0.763. The number of ether oxygens (including phenoxy) is 1. The van der Waals surface area contributed by atoms with Crippen LogP contribution in [-0.4, -0.2) is 18.0 Å². The molecule has 2 aromatic carbocycles. The second kappa shape index (κ2) is 6.82. The number of hydrogen-bond acceptors (Lipinski definition) is 3. The van der Waals surface area contributed by atoms with Crippen molar-refractivity contribution in [2.45, 2.75) is 6.61 Å². The van der Waals surface area contributed by atoms with Gasteiger partial charge in [-0.3, -0.25) is 9.59 Å². The lowest BCUT2D eigenvalue weighted by molar-refractivity contribution is 0.102. The van der Waals surface area contributed by atoms with E-state index >= 15 is 0 Å². The van der Waals surface area contributed by atoms with Gasteiger partial charge in [0.15, 0.2) is 11.6 Å². The Morgan fingerprint density at radius 1 is 1.12 bits per heavy atom. The van der Waals surface area contributed by atoms with E-state index in [2.05, 4.69) is 10.3 Å². The first kappa shape index (κ1) is 16.8. The normalized spacial score (nSPS) is 10.8. The number of rotatable bonds is 4. The molecule has 0 radical (unpaired) electrons. The van der Waals surface area contributed by atoms with Crippen LogP contribution in [0, 0.1) is 11.6 Å². The highest BCUT2D eigenvalue weighted by Gasteiger charge is 2.11. The number of benzene rings is 2. The summed E-state index contributed by atoms with van der Waals surface area (Å²) in [5.74, 6) is -2.71. The van der Waals surface area contributed by atoms with Crippen molar-refractivity contribution < 1.29 is 18.3 Å². The molecule has 0 bridgehead atoms. The van der Waals surface area contributed by atoms with Crippen LogP contribution in [-0.2, 0) is 11.3 Å². The molecule has 0 saturated heterocycles. The Bertz CT molecular complexity index is 1010. The fourth-order valence-corrected chi connectivity index (χ4v) is 2.53. The molecule has 128 valence electrons. The zero-order chi connectivity index (χ0) is 18.0. The second-order valence-corrected chi connectivity index (χ2v) is 5.44. The predicted molar refractivity (Wildman–Crippen MR) is 89.6 cm³/mol. The van der Waals surface area contributed by atoms with E-state index in [1.165, 1.54) is 19.2 Å². The van der Waals surface area contributed by atoms with Crippen molar-refractivity contribution in [2.24, 2.45) is 0 Å². The highest BCUT2D eigenvalue weighted by molar-refractivity contribution is 6.05. The first-order valence-corrected chi connectivity index (χ1v) is 7.39. The van der Waals surface area contributed by atoms with Gasteiger partial charge >= 0.3 is 0 Å². The molecule has 0 fully saturated rings. The number of aromatic nitrogens is 1.